The van der Waals surface area contributed by atoms with Gasteiger partial charge in [-0.3, -0.25) is 4.57 Å². The highest BCUT2D eigenvalue weighted by atomic mass is 32.1. The summed E-state index contributed by atoms with van der Waals surface area (Å²) >= 11 is 5.04. The van der Waals surface area contributed by atoms with Gasteiger partial charge in [-0.2, -0.15) is 0 Å². The van der Waals surface area contributed by atoms with Crippen LogP contribution >= 0.6 is 34.0 Å². The van der Waals surface area contributed by atoms with Crippen molar-refractivity contribution >= 4 is 34.0 Å². The lowest BCUT2D eigenvalue weighted by molar-refractivity contribution is 0.950. The Balaban J connectivity index is 1.66. The molecule has 0 aliphatic rings. The van der Waals surface area contributed by atoms with Gasteiger partial charge in [0, 0.05) is 45.7 Å². The maximum atomic E-state index is 4.83. The second kappa shape index (κ2) is 6.23. The predicted octanol–water partition coefficient (Wildman–Crippen LogP) is 5.03. The van der Waals surface area contributed by atoms with Gasteiger partial charge in [-0.15, -0.1) is 34.0 Å². The van der Waals surface area contributed by atoms with Crippen LogP contribution in [-0.2, 0) is 6.42 Å². The summed E-state index contributed by atoms with van der Waals surface area (Å²) < 4.78 is 2.20. The topological polar surface area (TPSA) is 43.6 Å². The van der Waals surface area contributed by atoms with E-state index in [1.54, 1.807) is 34.0 Å². The van der Waals surface area contributed by atoms with E-state index in [0.29, 0.717) is 0 Å². The molecule has 0 bridgehead atoms. The zero-order valence-electron chi connectivity index (χ0n) is 13.6. The number of thiazole rings is 3. The molecular formula is C17H16N4S3. The van der Waals surface area contributed by atoms with Crippen LogP contribution in [0.15, 0.2) is 28.4 Å². The highest BCUT2D eigenvalue weighted by Gasteiger charge is 2.16. The molecule has 0 saturated carbocycles. The number of hydrogen-bond donors (Lipinski definition) is 0. The van der Waals surface area contributed by atoms with Gasteiger partial charge in [-0.1, -0.05) is 0 Å². The van der Waals surface area contributed by atoms with Crippen molar-refractivity contribution in [1.29, 1.82) is 0 Å². The van der Waals surface area contributed by atoms with Gasteiger partial charge in [0.25, 0.3) is 0 Å². The number of hydrogen-bond acceptors (Lipinski definition) is 6. The van der Waals surface area contributed by atoms with Crippen LogP contribution in [-0.4, -0.2) is 19.5 Å². The summed E-state index contributed by atoms with van der Waals surface area (Å²) in [4.78, 5) is 13.8. The predicted molar refractivity (Wildman–Crippen MR) is 102 cm³/mol. The van der Waals surface area contributed by atoms with Gasteiger partial charge < -0.3 is 0 Å². The maximum absolute atomic E-state index is 4.83. The molecule has 4 nitrogen and oxygen atoms in total. The van der Waals surface area contributed by atoms with Crippen molar-refractivity contribution in [3.63, 3.8) is 0 Å². The maximum Gasteiger partial charge on any atom is 0.193 e. The molecule has 7 heteroatoms. The Morgan fingerprint density at radius 1 is 1.04 bits per heavy atom. The molecule has 0 aliphatic heterocycles. The molecule has 0 saturated heterocycles. The van der Waals surface area contributed by atoms with Crippen LogP contribution in [0.25, 0.3) is 16.4 Å². The largest absolute Gasteiger partial charge is 0.294 e. The first-order chi connectivity index (χ1) is 11.6. The zero-order chi connectivity index (χ0) is 16.7. The van der Waals surface area contributed by atoms with E-state index in [0.717, 1.165) is 33.0 Å². The van der Waals surface area contributed by atoms with E-state index in [9.17, 15) is 0 Å². The molecule has 0 aromatic carbocycles. The molecule has 4 aromatic heterocycles. The van der Waals surface area contributed by atoms with Crippen LogP contribution in [0.3, 0.4) is 0 Å². The van der Waals surface area contributed by atoms with Crippen molar-refractivity contribution in [3.05, 3.63) is 55.5 Å². The molecular weight excluding hydrogens is 356 g/mol. The summed E-state index contributed by atoms with van der Waals surface area (Å²) in [5.74, 6) is 0. The molecule has 4 aromatic rings. The molecule has 4 rings (SSSR count). The van der Waals surface area contributed by atoms with Gasteiger partial charge in [0.05, 0.1) is 21.4 Å². The normalized spacial score (nSPS) is 11.3. The fraction of sp³-hybridized carbons (Fsp3) is 0.235. The smallest absolute Gasteiger partial charge is 0.193 e. The lowest BCUT2D eigenvalue weighted by Gasteiger charge is -2.04. The summed E-state index contributed by atoms with van der Waals surface area (Å²) in [5.41, 5.74) is 5.69. The molecule has 0 amide bonds. The van der Waals surface area contributed by atoms with E-state index >= 15 is 0 Å². The number of rotatable bonds is 4. The highest BCUT2D eigenvalue weighted by Crippen LogP contribution is 2.31. The van der Waals surface area contributed by atoms with Gasteiger partial charge in [-0.25, -0.2) is 15.0 Å². The third-order valence-electron chi connectivity index (χ3n) is 3.87. The standard InChI is InChI=1S/C17H16N4S3/c1-10-6-14(11(2)21(10)17-18-4-5-22-17)15-9-24-16(20-15)7-13-8-23-12(3)19-13/h4-6,8-9H,7H2,1-3H3. The summed E-state index contributed by atoms with van der Waals surface area (Å²) in [7, 11) is 0. The average molecular weight is 373 g/mol. The van der Waals surface area contributed by atoms with Crippen molar-refractivity contribution in [1.82, 2.24) is 19.5 Å². The lowest BCUT2D eigenvalue weighted by atomic mass is 10.2. The quantitative estimate of drug-likeness (QED) is 0.505. The van der Waals surface area contributed by atoms with Crippen LogP contribution in [0.5, 0.6) is 0 Å². The van der Waals surface area contributed by atoms with Crippen molar-refractivity contribution in [3.8, 4) is 16.4 Å². The molecule has 0 unspecified atom stereocenters. The van der Waals surface area contributed by atoms with E-state index in [4.69, 9.17) is 4.98 Å². The van der Waals surface area contributed by atoms with Crippen molar-refractivity contribution < 1.29 is 0 Å². The highest BCUT2D eigenvalue weighted by molar-refractivity contribution is 7.12. The first kappa shape index (κ1) is 15.7. The first-order valence-corrected chi connectivity index (χ1v) is 10.2. The fourth-order valence-corrected chi connectivity index (χ4v) is 4.98. The third kappa shape index (κ3) is 2.83. The minimum absolute atomic E-state index is 0.806. The molecule has 4 heterocycles. The van der Waals surface area contributed by atoms with Crippen molar-refractivity contribution in [2.75, 3.05) is 0 Å². The Morgan fingerprint density at radius 2 is 1.92 bits per heavy atom. The van der Waals surface area contributed by atoms with Crippen LogP contribution in [0, 0.1) is 20.8 Å². The van der Waals surface area contributed by atoms with Gasteiger partial charge in [0.1, 0.15) is 0 Å². The van der Waals surface area contributed by atoms with Gasteiger partial charge in [0.15, 0.2) is 5.13 Å². The Bertz CT molecular complexity index is 976. The van der Waals surface area contributed by atoms with Crippen LogP contribution in [0.2, 0.25) is 0 Å². The van der Waals surface area contributed by atoms with Gasteiger partial charge in [0.2, 0.25) is 0 Å². The Hall–Kier alpha value is -1.83. The molecule has 0 aliphatic carbocycles. The molecule has 0 atom stereocenters. The van der Waals surface area contributed by atoms with E-state index in [1.807, 2.05) is 18.5 Å². The zero-order valence-corrected chi connectivity index (χ0v) is 16.1. The first-order valence-electron chi connectivity index (χ1n) is 7.56. The number of nitrogens with zero attached hydrogens (tertiary/aromatic N) is 4. The molecule has 0 radical (unpaired) electrons. The second-order valence-corrected chi connectivity index (χ2v) is 8.47. The Labute approximate surface area is 152 Å². The minimum atomic E-state index is 0.806. The average Bonchev–Trinajstić information content (AvgIpc) is 3.30. The van der Waals surface area contributed by atoms with Gasteiger partial charge in [-0.05, 0) is 26.8 Å². The third-order valence-corrected chi connectivity index (χ3v) is 6.30. The molecule has 0 fully saturated rings. The number of aromatic nitrogens is 4. The molecule has 24 heavy (non-hydrogen) atoms. The Morgan fingerprint density at radius 3 is 2.62 bits per heavy atom. The van der Waals surface area contributed by atoms with Crippen molar-refractivity contribution in [2.45, 2.75) is 27.2 Å². The van der Waals surface area contributed by atoms with Crippen LogP contribution in [0.4, 0.5) is 0 Å². The monoisotopic (exact) mass is 372 g/mol. The fourth-order valence-electron chi connectivity index (χ4n) is 2.80. The SMILES string of the molecule is Cc1nc(Cc2nc(-c3cc(C)n(-c4nccs4)c3C)cs2)cs1. The van der Waals surface area contributed by atoms with Crippen LogP contribution in [0.1, 0.15) is 27.1 Å². The second-order valence-electron chi connectivity index (χ2n) is 5.60. The van der Waals surface area contributed by atoms with Crippen molar-refractivity contribution in [2.24, 2.45) is 0 Å². The van der Waals surface area contributed by atoms with E-state index in [-0.39, 0.29) is 0 Å². The van der Waals surface area contributed by atoms with Crippen LogP contribution < -0.4 is 0 Å². The Kier molecular flexibility index (Phi) is 4.07. The number of aryl methyl sites for hydroxylation is 2. The minimum Gasteiger partial charge on any atom is -0.294 e. The van der Waals surface area contributed by atoms with E-state index < -0.39 is 0 Å². The summed E-state index contributed by atoms with van der Waals surface area (Å²) in [6.45, 7) is 6.28. The van der Waals surface area contributed by atoms with E-state index in [2.05, 4.69) is 45.2 Å². The molecule has 122 valence electrons. The molecule has 0 spiro atoms. The summed E-state index contributed by atoms with van der Waals surface area (Å²) in [5, 5.41) is 9.48. The summed E-state index contributed by atoms with van der Waals surface area (Å²) in [6, 6.07) is 2.20. The lowest BCUT2D eigenvalue weighted by Crippen LogP contribution is -1.98. The summed E-state index contributed by atoms with van der Waals surface area (Å²) in [6.07, 6.45) is 2.65. The van der Waals surface area contributed by atoms with Gasteiger partial charge >= 0.3 is 0 Å². The molecule has 0 N–H and O–H groups in total. The van der Waals surface area contributed by atoms with E-state index in [1.165, 1.54) is 17.0 Å².